The Morgan fingerprint density at radius 1 is 1.30 bits per heavy atom. The van der Waals surface area contributed by atoms with Crippen molar-refractivity contribution in [2.75, 3.05) is 19.1 Å². The third-order valence-corrected chi connectivity index (χ3v) is 9.13. The monoisotopic (exact) mass is 541 g/mol. The molecule has 0 radical (unpaired) electrons. The molecule has 8 nitrogen and oxygen atoms in total. The zero-order valence-electron chi connectivity index (χ0n) is 20.9. The molecule has 2 aliphatic rings. The van der Waals surface area contributed by atoms with E-state index >= 15 is 0 Å². The van der Waals surface area contributed by atoms with Gasteiger partial charge in [-0.25, -0.2) is 4.79 Å². The summed E-state index contributed by atoms with van der Waals surface area (Å²) in [6.45, 7) is 0. The normalized spacial score (nSPS) is 17.9. The minimum Gasteiger partial charge on any atom is -0.494 e. The number of thiophene rings is 1. The SMILES string of the molecule is COc1c(-c2cc3c(s2)CCCC3NC(=O)[C@H](N)CCSC)c(C2CC2)cc2c(=O)c(C(=O)O)c[nH]c12. The van der Waals surface area contributed by atoms with Crippen LogP contribution in [-0.4, -0.2) is 47.1 Å². The second-order valence-electron chi connectivity index (χ2n) is 9.74. The number of carboxylic acids is 1. The molecule has 1 fully saturated rings. The van der Waals surface area contributed by atoms with Crippen molar-refractivity contribution in [1.82, 2.24) is 10.3 Å². The van der Waals surface area contributed by atoms with E-state index in [4.69, 9.17) is 10.5 Å². The summed E-state index contributed by atoms with van der Waals surface area (Å²) < 4.78 is 5.88. The van der Waals surface area contributed by atoms with E-state index in [1.165, 1.54) is 11.1 Å². The van der Waals surface area contributed by atoms with Gasteiger partial charge in [0.25, 0.3) is 0 Å². The van der Waals surface area contributed by atoms with Crippen molar-refractivity contribution in [3.63, 3.8) is 0 Å². The number of thioether (sulfide) groups is 1. The molecule has 2 aliphatic carbocycles. The molecular weight excluding hydrogens is 510 g/mol. The standard InChI is InChI=1S/C27H31N3O5S2/c1-35-25-22(14(13-6-7-13)10-16-23(25)29-12-17(24(16)31)27(33)34)21-11-15-19(4-3-5-20(15)37-21)30-26(32)18(28)8-9-36-2/h10-13,18-19H,3-9,28H2,1-2H3,(H,29,31)(H,30,32)(H,33,34)/t18-,19?/m1/s1. The van der Waals surface area contributed by atoms with Gasteiger partial charge in [0.05, 0.1) is 30.1 Å². The minimum atomic E-state index is -1.26. The lowest BCUT2D eigenvalue weighted by atomic mass is 9.91. The highest BCUT2D eigenvalue weighted by Gasteiger charge is 2.33. The fraction of sp³-hybridized carbons (Fsp3) is 0.444. The van der Waals surface area contributed by atoms with Gasteiger partial charge in [0.1, 0.15) is 5.56 Å². The summed E-state index contributed by atoms with van der Waals surface area (Å²) in [4.78, 5) is 42.6. The summed E-state index contributed by atoms with van der Waals surface area (Å²) in [6.07, 6.45) is 8.68. The molecule has 1 unspecified atom stereocenters. The molecule has 1 amide bonds. The van der Waals surface area contributed by atoms with Gasteiger partial charge in [-0.2, -0.15) is 11.8 Å². The van der Waals surface area contributed by atoms with Crippen LogP contribution >= 0.6 is 23.1 Å². The zero-order valence-corrected chi connectivity index (χ0v) is 22.5. The summed E-state index contributed by atoms with van der Waals surface area (Å²) >= 11 is 3.38. The van der Waals surface area contributed by atoms with E-state index in [1.807, 2.05) is 12.3 Å². The average molecular weight is 542 g/mol. The first-order valence-electron chi connectivity index (χ1n) is 12.5. The van der Waals surface area contributed by atoms with Crippen molar-refractivity contribution in [3.8, 4) is 16.2 Å². The van der Waals surface area contributed by atoms with E-state index < -0.39 is 17.4 Å². The molecule has 0 aliphatic heterocycles. The number of carbonyl (C=O) groups excluding carboxylic acids is 1. The first kappa shape index (κ1) is 25.8. The Bertz CT molecular complexity index is 1430. The molecule has 0 spiro atoms. The van der Waals surface area contributed by atoms with E-state index in [1.54, 1.807) is 30.2 Å². The number of aryl methyl sites for hydroxylation is 1. The van der Waals surface area contributed by atoms with Crippen LogP contribution in [0.3, 0.4) is 0 Å². The molecule has 5 rings (SSSR count). The Morgan fingerprint density at radius 3 is 2.76 bits per heavy atom. The van der Waals surface area contributed by atoms with Crippen molar-refractivity contribution >= 4 is 45.9 Å². The van der Waals surface area contributed by atoms with Gasteiger partial charge < -0.3 is 25.9 Å². The number of carbonyl (C=O) groups is 2. The number of hydrogen-bond acceptors (Lipinski definition) is 7. The van der Waals surface area contributed by atoms with Crippen molar-refractivity contribution in [2.45, 2.75) is 56.5 Å². The second kappa shape index (κ2) is 10.5. The number of ether oxygens (including phenoxy) is 1. The largest absolute Gasteiger partial charge is 0.494 e. The Morgan fingerprint density at radius 2 is 2.08 bits per heavy atom. The smallest absolute Gasteiger partial charge is 0.341 e. The van der Waals surface area contributed by atoms with E-state index in [2.05, 4.69) is 16.4 Å². The van der Waals surface area contributed by atoms with Crippen LogP contribution in [-0.2, 0) is 11.2 Å². The summed E-state index contributed by atoms with van der Waals surface area (Å²) in [6, 6.07) is 3.39. The first-order chi connectivity index (χ1) is 17.8. The van der Waals surface area contributed by atoms with E-state index in [0.29, 0.717) is 29.0 Å². The van der Waals surface area contributed by atoms with E-state index in [-0.39, 0.29) is 17.5 Å². The number of hydrogen-bond donors (Lipinski definition) is 4. The quantitative estimate of drug-likeness (QED) is 0.315. The van der Waals surface area contributed by atoms with Crippen molar-refractivity contribution in [3.05, 3.63) is 50.1 Å². The molecular formula is C27H31N3O5S2. The maximum Gasteiger partial charge on any atom is 0.341 e. The van der Waals surface area contributed by atoms with Crippen LogP contribution < -0.4 is 21.2 Å². The fourth-order valence-electron chi connectivity index (χ4n) is 5.17. The Hall–Kier alpha value is -2.82. The molecule has 0 saturated heterocycles. The number of aromatic nitrogens is 1. The third kappa shape index (κ3) is 4.89. The number of rotatable bonds is 9. The van der Waals surface area contributed by atoms with Gasteiger partial charge in [-0.1, -0.05) is 0 Å². The van der Waals surface area contributed by atoms with Gasteiger partial charge in [0, 0.05) is 21.5 Å². The second-order valence-corrected chi connectivity index (χ2v) is 11.9. The van der Waals surface area contributed by atoms with Gasteiger partial charge in [0.15, 0.2) is 5.75 Å². The maximum absolute atomic E-state index is 13.0. The van der Waals surface area contributed by atoms with Crippen LogP contribution in [0, 0.1) is 0 Å². The predicted octanol–water partition coefficient (Wildman–Crippen LogP) is 4.41. The molecule has 3 aromatic rings. The Balaban J connectivity index is 1.58. The molecule has 1 saturated carbocycles. The number of carboxylic acid groups (broad SMARTS) is 1. The number of amides is 1. The fourth-order valence-corrected chi connectivity index (χ4v) is 6.99. The van der Waals surface area contributed by atoms with Gasteiger partial charge in [-0.3, -0.25) is 9.59 Å². The summed E-state index contributed by atoms with van der Waals surface area (Å²) in [7, 11) is 1.57. The summed E-state index contributed by atoms with van der Waals surface area (Å²) in [5, 5.41) is 13.0. The molecule has 5 N–H and O–H groups in total. The summed E-state index contributed by atoms with van der Waals surface area (Å²) in [5.41, 5.74) is 8.89. The molecule has 2 heterocycles. The molecule has 2 atom stereocenters. The highest BCUT2D eigenvalue weighted by Crippen LogP contribution is 2.52. The molecule has 0 bridgehead atoms. The lowest BCUT2D eigenvalue weighted by Gasteiger charge is -2.25. The number of aromatic carboxylic acids is 1. The van der Waals surface area contributed by atoms with Gasteiger partial charge in [0.2, 0.25) is 11.3 Å². The van der Waals surface area contributed by atoms with Crippen LogP contribution in [0.5, 0.6) is 5.75 Å². The highest BCUT2D eigenvalue weighted by atomic mass is 32.2. The van der Waals surface area contributed by atoms with Gasteiger partial charge >= 0.3 is 5.97 Å². The van der Waals surface area contributed by atoms with Crippen LogP contribution in [0.2, 0.25) is 0 Å². The number of pyridine rings is 1. The number of fused-ring (bicyclic) bond motifs is 2. The topological polar surface area (TPSA) is 135 Å². The Kier molecular flexibility index (Phi) is 7.33. The van der Waals surface area contributed by atoms with Gasteiger partial charge in [-0.15, -0.1) is 11.3 Å². The van der Waals surface area contributed by atoms with Crippen molar-refractivity contribution in [1.29, 1.82) is 0 Å². The average Bonchev–Trinajstić information content (AvgIpc) is 3.64. The lowest BCUT2D eigenvalue weighted by molar-refractivity contribution is -0.123. The van der Waals surface area contributed by atoms with E-state index in [9.17, 15) is 19.5 Å². The molecule has 1 aromatic carbocycles. The highest BCUT2D eigenvalue weighted by molar-refractivity contribution is 7.98. The molecule has 196 valence electrons. The number of methoxy groups -OCH3 is 1. The minimum absolute atomic E-state index is 0.0877. The van der Waals surface area contributed by atoms with Crippen LogP contribution in [0.4, 0.5) is 0 Å². The van der Waals surface area contributed by atoms with Crippen LogP contribution in [0.1, 0.15) is 70.4 Å². The predicted molar refractivity (Wildman–Crippen MR) is 148 cm³/mol. The zero-order chi connectivity index (χ0) is 26.3. The molecule has 37 heavy (non-hydrogen) atoms. The van der Waals surface area contributed by atoms with Gasteiger partial charge in [-0.05, 0) is 79.7 Å². The van der Waals surface area contributed by atoms with Crippen LogP contribution in [0.25, 0.3) is 21.3 Å². The number of benzene rings is 1. The van der Waals surface area contributed by atoms with Crippen molar-refractivity contribution < 1.29 is 19.4 Å². The summed E-state index contributed by atoms with van der Waals surface area (Å²) in [5.74, 6) is 0.311. The first-order valence-corrected chi connectivity index (χ1v) is 14.7. The molecule has 2 aromatic heterocycles. The number of H-pyrrole nitrogens is 1. The van der Waals surface area contributed by atoms with Crippen LogP contribution in [0.15, 0.2) is 23.1 Å². The Labute approximate surface area is 223 Å². The lowest BCUT2D eigenvalue weighted by Crippen LogP contribution is -2.43. The maximum atomic E-state index is 13.0. The molecule has 10 heteroatoms. The number of nitrogens with one attached hydrogen (secondary N) is 2. The number of aromatic amines is 1. The van der Waals surface area contributed by atoms with E-state index in [0.717, 1.165) is 59.4 Å². The third-order valence-electron chi connectivity index (χ3n) is 7.26. The number of nitrogens with two attached hydrogens (primary N) is 1. The van der Waals surface area contributed by atoms with Crippen molar-refractivity contribution in [2.24, 2.45) is 5.73 Å².